The highest BCUT2D eigenvalue weighted by molar-refractivity contribution is 5.80. The zero-order valence-corrected chi connectivity index (χ0v) is 11.5. The SMILES string of the molecule is Cc1cccc(NCC(=O)NNCc2ccccc2)c1. The molecule has 0 aliphatic heterocycles. The van der Waals surface area contributed by atoms with E-state index < -0.39 is 0 Å². The van der Waals surface area contributed by atoms with Gasteiger partial charge in [-0.3, -0.25) is 10.2 Å². The third-order valence-corrected chi connectivity index (χ3v) is 2.83. The van der Waals surface area contributed by atoms with Gasteiger partial charge in [-0.05, 0) is 30.2 Å². The van der Waals surface area contributed by atoms with Gasteiger partial charge < -0.3 is 5.32 Å². The molecule has 0 saturated heterocycles. The molecule has 0 atom stereocenters. The highest BCUT2D eigenvalue weighted by atomic mass is 16.2. The molecule has 0 aliphatic rings. The molecule has 104 valence electrons. The lowest BCUT2D eigenvalue weighted by Crippen LogP contribution is -2.40. The molecule has 0 saturated carbocycles. The molecule has 4 heteroatoms. The molecule has 0 aliphatic carbocycles. The molecule has 0 heterocycles. The molecule has 0 fully saturated rings. The number of hydrazine groups is 1. The van der Waals surface area contributed by atoms with Crippen LogP contribution in [0.25, 0.3) is 0 Å². The van der Waals surface area contributed by atoms with Gasteiger partial charge in [0, 0.05) is 12.2 Å². The maximum Gasteiger partial charge on any atom is 0.253 e. The minimum Gasteiger partial charge on any atom is -0.376 e. The Bertz CT molecular complexity index is 555. The number of hydrogen-bond donors (Lipinski definition) is 3. The summed E-state index contributed by atoms with van der Waals surface area (Å²) in [6.07, 6.45) is 0. The summed E-state index contributed by atoms with van der Waals surface area (Å²) in [5.41, 5.74) is 8.81. The summed E-state index contributed by atoms with van der Waals surface area (Å²) in [7, 11) is 0. The van der Waals surface area contributed by atoms with E-state index in [4.69, 9.17) is 0 Å². The lowest BCUT2D eigenvalue weighted by molar-refractivity contribution is -0.120. The van der Waals surface area contributed by atoms with Gasteiger partial charge in [-0.2, -0.15) is 0 Å². The van der Waals surface area contributed by atoms with Crippen LogP contribution in [0.2, 0.25) is 0 Å². The molecule has 3 N–H and O–H groups in total. The van der Waals surface area contributed by atoms with E-state index in [9.17, 15) is 4.79 Å². The average Bonchev–Trinajstić information content (AvgIpc) is 2.46. The van der Waals surface area contributed by atoms with Crippen LogP contribution in [-0.4, -0.2) is 12.5 Å². The van der Waals surface area contributed by atoms with Crippen LogP contribution in [0.3, 0.4) is 0 Å². The van der Waals surface area contributed by atoms with Crippen LogP contribution in [0.1, 0.15) is 11.1 Å². The lowest BCUT2D eigenvalue weighted by Gasteiger charge is -2.09. The fraction of sp³-hybridized carbons (Fsp3) is 0.188. The van der Waals surface area contributed by atoms with Crippen LogP contribution in [0.15, 0.2) is 54.6 Å². The van der Waals surface area contributed by atoms with Crippen molar-refractivity contribution in [3.63, 3.8) is 0 Å². The first kappa shape index (κ1) is 14.1. The van der Waals surface area contributed by atoms with Crippen LogP contribution in [0.5, 0.6) is 0 Å². The van der Waals surface area contributed by atoms with E-state index in [0.717, 1.165) is 16.8 Å². The van der Waals surface area contributed by atoms with Gasteiger partial charge in [-0.15, -0.1) is 0 Å². The zero-order chi connectivity index (χ0) is 14.2. The first-order chi connectivity index (χ1) is 9.74. The van der Waals surface area contributed by atoms with Gasteiger partial charge in [0.05, 0.1) is 6.54 Å². The quantitative estimate of drug-likeness (QED) is 0.705. The average molecular weight is 269 g/mol. The smallest absolute Gasteiger partial charge is 0.253 e. The number of carbonyl (C=O) groups excluding carboxylic acids is 1. The molecule has 0 bridgehead atoms. The minimum absolute atomic E-state index is 0.0950. The Hall–Kier alpha value is -2.33. The van der Waals surface area contributed by atoms with Crippen molar-refractivity contribution in [2.24, 2.45) is 0 Å². The number of carbonyl (C=O) groups is 1. The molecule has 2 aromatic rings. The highest BCUT2D eigenvalue weighted by Crippen LogP contribution is 2.08. The zero-order valence-electron chi connectivity index (χ0n) is 11.5. The Kier molecular flexibility index (Phi) is 5.15. The Morgan fingerprint density at radius 2 is 1.85 bits per heavy atom. The van der Waals surface area contributed by atoms with Crippen molar-refractivity contribution in [1.29, 1.82) is 0 Å². The maximum absolute atomic E-state index is 11.7. The monoisotopic (exact) mass is 269 g/mol. The van der Waals surface area contributed by atoms with E-state index in [1.54, 1.807) is 0 Å². The lowest BCUT2D eigenvalue weighted by atomic mass is 10.2. The maximum atomic E-state index is 11.7. The van der Waals surface area contributed by atoms with Crippen molar-refractivity contribution in [1.82, 2.24) is 10.9 Å². The van der Waals surface area contributed by atoms with Crippen LogP contribution in [0.4, 0.5) is 5.69 Å². The van der Waals surface area contributed by atoms with Gasteiger partial charge in [0.15, 0.2) is 0 Å². The third kappa shape index (κ3) is 4.74. The van der Waals surface area contributed by atoms with Crippen LogP contribution in [0, 0.1) is 6.92 Å². The second kappa shape index (κ2) is 7.31. The van der Waals surface area contributed by atoms with E-state index in [1.807, 2.05) is 61.5 Å². The second-order valence-corrected chi connectivity index (χ2v) is 4.61. The van der Waals surface area contributed by atoms with E-state index in [1.165, 1.54) is 0 Å². The first-order valence-electron chi connectivity index (χ1n) is 6.60. The fourth-order valence-electron chi connectivity index (χ4n) is 1.82. The Morgan fingerprint density at radius 1 is 1.05 bits per heavy atom. The van der Waals surface area contributed by atoms with Crippen molar-refractivity contribution in [2.75, 3.05) is 11.9 Å². The topological polar surface area (TPSA) is 53.2 Å². The number of amides is 1. The largest absolute Gasteiger partial charge is 0.376 e. The predicted molar refractivity (Wildman–Crippen MR) is 81.1 cm³/mol. The second-order valence-electron chi connectivity index (χ2n) is 4.61. The molecule has 0 aromatic heterocycles. The van der Waals surface area contributed by atoms with Gasteiger partial charge in [-0.1, -0.05) is 42.5 Å². The fourth-order valence-corrected chi connectivity index (χ4v) is 1.82. The number of benzene rings is 2. The summed E-state index contributed by atoms with van der Waals surface area (Å²) < 4.78 is 0. The number of nitrogens with one attached hydrogen (secondary N) is 3. The molecule has 0 spiro atoms. The van der Waals surface area contributed by atoms with Gasteiger partial charge in [0.2, 0.25) is 0 Å². The molecular formula is C16H19N3O. The number of anilines is 1. The van der Waals surface area contributed by atoms with Crippen molar-refractivity contribution in [3.8, 4) is 0 Å². The Labute approximate surface area is 119 Å². The summed E-state index contributed by atoms with van der Waals surface area (Å²) in [4.78, 5) is 11.7. The summed E-state index contributed by atoms with van der Waals surface area (Å²) >= 11 is 0. The van der Waals surface area contributed by atoms with Gasteiger partial charge in [-0.25, -0.2) is 5.43 Å². The van der Waals surface area contributed by atoms with Crippen LogP contribution in [-0.2, 0) is 11.3 Å². The Balaban J connectivity index is 1.68. The van der Waals surface area contributed by atoms with E-state index in [-0.39, 0.29) is 12.5 Å². The van der Waals surface area contributed by atoms with Crippen molar-refractivity contribution >= 4 is 11.6 Å². The number of hydrogen-bond acceptors (Lipinski definition) is 3. The van der Waals surface area contributed by atoms with Gasteiger partial charge >= 0.3 is 0 Å². The first-order valence-corrected chi connectivity index (χ1v) is 6.60. The minimum atomic E-state index is -0.0950. The van der Waals surface area contributed by atoms with Gasteiger partial charge in [0.1, 0.15) is 0 Å². The van der Waals surface area contributed by atoms with Crippen LogP contribution >= 0.6 is 0 Å². The van der Waals surface area contributed by atoms with E-state index in [2.05, 4.69) is 16.2 Å². The molecule has 2 aromatic carbocycles. The standard InChI is InChI=1S/C16H19N3O/c1-13-6-5-9-15(10-13)17-12-16(20)19-18-11-14-7-3-2-4-8-14/h2-10,17-18H,11-12H2,1H3,(H,19,20). The van der Waals surface area contributed by atoms with Crippen LogP contribution < -0.4 is 16.2 Å². The van der Waals surface area contributed by atoms with E-state index >= 15 is 0 Å². The molecule has 0 radical (unpaired) electrons. The number of aryl methyl sites for hydroxylation is 1. The van der Waals surface area contributed by atoms with Crippen molar-refractivity contribution in [2.45, 2.75) is 13.5 Å². The normalized spacial score (nSPS) is 10.1. The molecule has 1 amide bonds. The predicted octanol–water partition coefficient (Wildman–Crippen LogP) is 2.23. The molecule has 0 unspecified atom stereocenters. The third-order valence-electron chi connectivity index (χ3n) is 2.83. The molecule has 2 rings (SSSR count). The molecule has 4 nitrogen and oxygen atoms in total. The Morgan fingerprint density at radius 3 is 2.60 bits per heavy atom. The highest BCUT2D eigenvalue weighted by Gasteiger charge is 2.00. The summed E-state index contributed by atoms with van der Waals surface area (Å²) in [6, 6.07) is 17.8. The van der Waals surface area contributed by atoms with Gasteiger partial charge in [0.25, 0.3) is 5.91 Å². The summed E-state index contributed by atoms with van der Waals surface area (Å²) in [5, 5.41) is 3.08. The molecular weight excluding hydrogens is 250 g/mol. The van der Waals surface area contributed by atoms with Crippen molar-refractivity contribution < 1.29 is 4.79 Å². The molecule has 20 heavy (non-hydrogen) atoms. The summed E-state index contributed by atoms with van der Waals surface area (Å²) in [6.45, 7) is 2.87. The van der Waals surface area contributed by atoms with E-state index in [0.29, 0.717) is 6.54 Å². The summed E-state index contributed by atoms with van der Waals surface area (Å²) in [5.74, 6) is -0.0950. The van der Waals surface area contributed by atoms with Crippen molar-refractivity contribution in [3.05, 3.63) is 65.7 Å². The number of rotatable bonds is 6.